The zero-order chi connectivity index (χ0) is 16.1. The molecule has 112 valence electrons. The summed E-state index contributed by atoms with van der Waals surface area (Å²) >= 11 is 0. The van der Waals surface area contributed by atoms with Crippen LogP contribution in [-0.2, 0) is 0 Å². The van der Waals surface area contributed by atoms with Crippen LogP contribution < -0.4 is 5.32 Å². The van der Waals surface area contributed by atoms with Gasteiger partial charge in [-0.3, -0.25) is 19.7 Å². The lowest BCUT2D eigenvalue weighted by molar-refractivity contribution is -0.384. The van der Waals surface area contributed by atoms with E-state index < -0.39 is 4.92 Å². The maximum absolute atomic E-state index is 12.1. The number of nitro benzene ring substituents is 1. The maximum Gasteiger partial charge on any atom is 0.270 e. The summed E-state index contributed by atoms with van der Waals surface area (Å²) in [4.78, 5) is 33.8. The van der Waals surface area contributed by atoms with Crippen LogP contribution in [0.2, 0.25) is 0 Å². The first-order valence-corrected chi connectivity index (χ1v) is 6.60. The Hall–Kier alpha value is -3.02. The van der Waals surface area contributed by atoms with Crippen molar-refractivity contribution in [1.82, 2.24) is 0 Å². The molecule has 6 nitrogen and oxygen atoms in total. The van der Waals surface area contributed by atoms with Crippen LogP contribution >= 0.6 is 0 Å². The van der Waals surface area contributed by atoms with E-state index in [2.05, 4.69) is 5.32 Å². The van der Waals surface area contributed by atoms with Gasteiger partial charge >= 0.3 is 0 Å². The average Bonchev–Trinajstić information content (AvgIpc) is 2.52. The lowest BCUT2D eigenvalue weighted by Gasteiger charge is -2.09. The van der Waals surface area contributed by atoms with Gasteiger partial charge in [-0.2, -0.15) is 0 Å². The number of nitrogens with one attached hydrogen (secondary N) is 1. The molecule has 1 N–H and O–H groups in total. The molecule has 0 radical (unpaired) electrons. The minimum atomic E-state index is -0.546. The third-order valence-electron chi connectivity index (χ3n) is 3.12. The summed E-state index contributed by atoms with van der Waals surface area (Å²) in [5.74, 6) is -0.395. The topological polar surface area (TPSA) is 89.3 Å². The molecule has 0 aliphatic rings. The number of non-ortho nitro benzene ring substituents is 1. The summed E-state index contributed by atoms with van der Waals surface area (Å²) in [6.07, 6.45) is 0. The fraction of sp³-hybridized carbons (Fsp3) is 0.125. The van der Waals surface area contributed by atoms with Crippen molar-refractivity contribution in [3.05, 3.63) is 69.8 Å². The van der Waals surface area contributed by atoms with Crippen LogP contribution in [0.1, 0.15) is 27.6 Å². The SMILES string of the molecule is CC(=O)c1ccccc1NCC(=O)c1cccc([N+](=O)[O-])c1. The van der Waals surface area contributed by atoms with Crippen LogP contribution in [0.3, 0.4) is 0 Å². The maximum atomic E-state index is 12.1. The molecule has 6 heteroatoms. The van der Waals surface area contributed by atoms with Gasteiger partial charge in [-0.1, -0.05) is 24.3 Å². The van der Waals surface area contributed by atoms with Crippen molar-refractivity contribution < 1.29 is 14.5 Å². The second-order valence-corrected chi connectivity index (χ2v) is 4.69. The Morgan fingerprint density at radius 1 is 1.14 bits per heavy atom. The van der Waals surface area contributed by atoms with Crippen molar-refractivity contribution in [1.29, 1.82) is 0 Å². The Morgan fingerprint density at radius 3 is 2.55 bits per heavy atom. The molecule has 0 spiro atoms. The van der Waals surface area contributed by atoms with E-state index >= 15 is 0 Å². The molecule has 0 saturated heterocycles. The average molecular weight is 298 g/mol. The van der Waals surface area contributed by atoms with Gasteiger partial charge in [-0.05, 0) is 19.1 Å². The molecule has 2 aromatic rings. The Bertz CT molecular complexity index is 740. The number of nitrogens with zero attached hydrogens (tertiary/aromatic N) is 1. The Kier molecular flexibility index (Phi) is 4.63. The highest BCUT2D eigenvalue weighted by molar-refractivity contribution is 6.02. The van der Waals surface area contributed by atoms with Crippen LogP contribution in [0, 0.1) is 10.1 Å². The third kappa shape index (κ3) is 3.54. The number of para-hydroxylation sites is 1. The van der Waals surface area contributed by atoms with Crippen LogP contribution in [-0.4, -0.2) is 23.0 Å². The number of hydrogen-bond acceptors (Lipinski definition) is 5. The van der Waals surface area contributed by atoms with E-state index in [0.29, 0.717) is 11.3 Å². The zero-order valence-corrected chi connectivity index (χ0v) is 11.9. The lowest BCUT2D eigenvalue weighted by atomic mass is 10.1. The van der Waals surface area contributed by atoms with Crippen molar-refractivity contribution in [3.8, 4) is 0 Å². The molecule has 0 saturated carbocycles. The number of anilines is 1. The smallest absolute Gasteiger partial charge is 0.270 e. The van der Waals surface area contributed by atoms with Gasteiger partial charge < -0.3 is 5.32 Å². The Morgan fingerprint density at radius 2 is 1.86 bits per heavy atom. The molecular formula is C16H14N2O4. The summed E-state index contributed by atoms with van der Waals surface area (Å²) < 4.78 is 0. The number of rotatable bonds is 6. The molecule has 22 heavy (non-hydrogen) atoms. The number of nitro groups is 1. The minimum absolute atomic E-state index is 0.0501. The number of hydrogen-bond donors (Lipinski definition) is 1. The van der Waals surface area contributed by atoms with E-state index in [-0.39, 0.29) is 29.4 Å². The molecule has 2 rings (SSSR count). The summed E-state index contributed by atoms with van der Waals surface area (Å²) in [5, 5.41) is 13.6. The first-order chi connectivity index (χ1) is 10.5. The van der Waals surface area contributed by atoms with Crippen LogP contribution in [0.5, 0.6) is 0 Å². The Balaban J connectivity index is 2.12. The van der Waals surface area contributed by atoms with Gasteiger partial charge in [0.2, 0.25) is 0 Å². The van der Waals surface area contributed by atoms with E-state index in [9.17, 15) is 19.7 Å². The van der Waals surface area contributed by atoms with E-state index in [1.54, 1.807) is 24.3 Å². The molecule has 0 aliphatic carbocycles. The van der Waals surface area contributed by atoms with Gasteiger partial charge in [-0.25, -0.2) is 0 Å². The molecule has 0 heterocycles. The monoisotopic (exact) mass is 298 g/mol. The molecule has 0 aromatic heterocycles. The van der Waals surface area contributed by atoms with Gasteiger partial charge in [0.05, 0.1) is 11.5 Å². The van der Waals surface area contributed by atoms with Gasteiger partial charge in [0.15, 0.2) is 11.6 Å². The first-order valence-electron chi connectivity index (χ1n) is 6.60. The summed E-state index contributed by atoms with van der Waals surface area (Å²) in [6.45, 7) is 1.40. The van der Waals surface area contributed by atoms with Gasteiger partial charge in [0.1, 0.15) is 0 Å². The number of benzene rings is 2. The highest BCUT2D eigenvalue weighted by Crippen LogP contribution is 2.17. The molecular weight excluding hydrogens is 284 g/mol. The van der Waals surface area contributed by atoms with Crippen molar-refractivity contribution >= 4 is 22.9 Å². The molecule has 0 fully saturated rings. The fourth-order valence-corrected chi connectivity index (χ4v) is 2.01. The minimum Gasteiger partial charge on any atom is -0.377 e. The molecule has 2 aromatic carbocycles. The van der Waals surface area contributed by atoms with Crippen molar-refractivity contribution in [2.75, 3.05) is 11.9 Å². The van der Waals surface area contributed by atoms with Crippen LogP contribution in [0.25, 0.3) is 0 Å². The molecule has 0 aliphatic heterocycles. The van der Waals surface area contributed by atoms with Crippen LogP contribution in [0.4, 0.5) is 11.4 Å². The van der Waals surface area contributed by atoms with Gasteiger partial charge in [0.25, 0.3) is 5.69 Å². The van der Waals surface area contributed by atoms with E-state index in [4.69, 9.17) is 0 Å². The van der Waals surface area contributed by atoms with Crippen LogP contribution in [0.15, 0.2) is 48.5 Å². The third-order valence-corrected chi connectivity index (χ3v) is 3.12. The number of ketones is 2. The van der Waals surface area contributed by atoms with Gasteiger partial charge in [0, 0.05) is 28.9 Å². The van der Waals surface area contributed by atoms with E-state index in [1.165, 1.54) is 31.2 Å². The van der Waals surface area contributed by atoms with Crippen molar-refractivity contribution in [2.24, 2.45) is 0 Å². The highest BCUT2D eigenvalue weighted by atomic mass is 16.6. The van der Waals surface area contributed by atoms with Crippen molar-refractivity contribution in [2.45, 2.75) is 6.92 Å². The van der Waals surface area contributed by atoms with E-state index in [1.807, 2.05) is 0 Å². The first kappa shape index (κ1) is 15.4. The Labute approximate surface area is 126 Å². The standard InChI is InChI=1S/C16H14N2O4/c1-11(19)14-7-2-3-8-15(14)17-10-16(20)12-5-4-6-13(9-12)18(21)22/h2-9,17H,10H2,1H3. The zero-order valence-electron chi connectivity index (χ0n) is 11.9. The predicted octanol–water partition coefficient (Wildman–Crippen LogP) is 3.09. The summed E-state index contributed by atoms with van der Waals surface area (Å²) in [5.41, 5.74) is 1.18. The summed E-state index contributed by atoms with van der Waals surface area (Å²) in [6, 6.07) is 12.4. The molecule has 0 unspecified atom stereocenters. The largest absolute Gasteiger partial charge is 0.377 e. The van der Waals surface area contributed by atoms with E-state index in [0.717, 1.165) is 0 Å². The number of carbonyl (C=O) groups excluding carboxylic acids is 2. The summed E-state index contributed by atoms with van der Waals surface area (Å²) in [7, 11) is 0. The molecule has 0 amide bonds. The molecule has 0 bridgehead atoms. The number of carbonyl (C=O) groups is 2. The normalized spacial score (nSPS) is 10.0. The van der Waals surface area contributed by atoms with Gasteiger partial charge in [-0.15, -0.1) is 0 Å². The second kappa shape index (κ2) is 6.62. The second-order valence-electron chi connectivity index (χ2n) is 4.69. The lowest BCUT2D eigenvalue weighted by Crippen LogP contribution is -2.15. The number of Topliss-reactive ketones (excluding diaryl/α,β-unsaturated/α-hetero) is 2. The van der Waals surface area contributed by atoms with Crippen molar-refractivity contribution in [3.63, 3.8) is 0 Å². The molecule has 0 atom stereocenters. The quantitative estimate of drug-likeness (QED) is 0.503. The highest BCUT2D eigenvalue weighted by Gasteiger charge is 2.12. The predicted molar refractivity (Wildman–Crippen MR) is 82.4 cm³/mol. The fourth-order valence-electron chi connectivity index (χ4n) is 2.01.